The van der Waals surface area contributed by atoms with Crippen molar-refractivity contribution in [3.8, 4) is 0 Å². The van der Waals surface area contributed by atoms with Crippen molar-refractivity contribution < 1.29 is 19.1 Å². The number of hydrogen-bond donors (Lipinski definition) is 2. The van der Waals surface area contributed by atoms with E-state index in [-0.39, 0.29) is 17.6 Å². The summed E-state index contributed by atoms with van der Waals surface area (Å²) in [5.74, 6) is -0.543. The predicted octanol–water partition coefficient (Wildman–Crippen LogP) is 4.13. The SMILES string of the molecule is C=CCn1c(SCC(=O)Nc2cccc(C(=O)OC)c2)nnc1[C@H](C)NC(=O)c1ccccc1Cl. The molecule has 0 spiro atoms. The smallest absolute Gasteiger partial charge is 0.337 e. The Morgan fingerprint density at radius 3 is 2.69 bits per heavy atom. The summed E-state index contributed by atoms with van der Waals surface area (Å²) in [7, 11) is 1.29. The van der Waals surface area contributed by atoms with E-state index in [1.165, 1.54) is 24.9 Å². The summed E-state index contributed by atoms with van der Waals surface area (Å²) >= 11 is 7.31. The van der Waals surface area contributed by atoms with E-state index in [0.717, 1.165) is 0 Å². The van der Waals surface area contributed by atoms with E-state index >= 15 is 0 Å². The van der Waals surface area contributed by atoms with Gasteiger partial charge in [-0.3, -0.25) is 9.59 Å². The van der Waals surface area contributed by atoms with Crippen molar-refractivity contribution in [2.45, 2.75) is 24.7 Å². The van der Waals surface area contributed by atoms with E-state index in [4.69, 9.17) is 16.3 Å². The third-order valence-corrected chi connectivity index (χ3v) is 6.11. The Morgan fingerprint density at radius 2 is 1.97 bits per heavy atom. The zero-order valence-corrected chi connectivity index (χ0v) is 20.7. The van der Waals surface area contributed by atoms with Gasteiger partial charge in [-0.2, -0.15) is 0 Å². The van der Waals surface area contributed by atoms with E-state index in [9.17, 15) is 14.4 Å². The summed E-state index contributed by atoms with van der Waals surface area (Å²) in [5.41, 5.74) is 1.17. The summed E-state index contributed by atoms with van der Waals surface area (Å²) in [6, 6.07) is 12.8. The minimum atomic E-state index is -0.490. The number of hydrogen-bond acceptors (Lipinski definition) is 7. The number of nitrogens with zero attached hydrogens (tertiary/aromatic N) is 3. The van der Waals surface area contributed by atoms with Crippen LogP contribution in [0.15, 0.2) is 66.3 Å². The monoisotopic (exact) mass is 513 g/mol. The number of esters is 1. The Labute approximate surface area is 211 Å². The number of carbonyl (C=O) groups is 3. The fraction of sp³-hybridized carbons (Fsp3) is 0.208. The van der Waals surface area contributed by atoms with Gasteiger partial charge in [0, 0.05) is 12.2 Å². The summed E-state index contributed by atoms with van der Waals surface area (Å²) < 4.78 is 6.48. The van der Waals surface area contributed by atoms with Gasteiger partial charge in [-0.1, -0.05) is 47.6 Å². The number of nitrogens with one attached hydrogen (secondary N) is 2. The maximum absolute atomic E-state index is 12.6. The number of anilines is 1. The lowest BCUT2D eigenvalue weighted by atomic mass is 10.2. The average Bonchev–Trinajstić information content (AvgIpc) is 3.25. The Hall–Kier alpha value is -3.63. The van der Waals surface area contributed by atoms with Crippen LogP contribution in [0.25, 0.3) is 0 Å². The van der Waals surface area contributed by atoms with Crippen molar-refractivity contribution in [2.75, 3.05) is 18.2 Å². The molecule has 0 saturated carbocycles. The second-order valence-electron chi connectivity index (χ2n) is 7.32. The molecular formula is C24H24ClN5O4S. The summed E-state index contributed by atoms with van der Waals surface area (Å²) in [4.78, 5) is 36.8. The molecule has 0 aliphatic rings. The van der Waals surface area contributed by atoms with E-state index < -0.39 is 12.0 Å². The first-order chi connectivity index (χ1) is 16.8. The molecule has 0 bridgehead atoms. The average molecular weight is 514 g/mol. The predicted molar refractivity (Wildman–Crippen MR) is 135 cm³/mol. The molecule has 0 saturated heterocycles. The topological polar surface area (TPSA) is 115 Å². The zero-order valence-electron chi connectivity index (χ0n) is 19.2. The van der Waals surface area contributed by atoms with Crippen LogP contribution >= 0.6 is 23.4 Å². The summed E-state index contributed by atoms with van der Waals surface area (Å²) in [5, 5.41) is 14.9. The first kappa shape index (κ1) is 26.0. The molecule has 3 rings (SSSR count). The number of ether oxygens (including phenoxy) is 1. The third kappa shape index (κ3) is 6.71. The molecule has 0 aliphatic heterocycles. The van der Waals surface area contributed by atoms with Gasteiger partial charge in [0.1, 0.15) is 0 Å². The Kier molecular flexibility index (Phi) is 9.04. The molecule has 0 aliphatic carbocycles. The molecule has 1 heterocycles. The molecule has 2 amide bonds. The number of methoxy groups -OCH3 is 1. The van der Waals surface area contributed by atoms with Crippen LogP contribution in [0.1, 0.15) is 39.5 Å². The number of benzene rings is 2. The van der Waals surface area contributed by atoms with Gasteiger partial charge in [0.15, 0.2) is 11.0 Å². The van der Waals surface area contributed by atoms with Crippen molar-refractivity contribution in [3.63, 3.8) is 0 Å². The summed E-state index contributed by atoms with van der Waals surface area (Å²) in [6.07, 6.45) is 1.68. The number of carbonyl (C=O) groups excluding carboxylic acids is 3. The van der Waals surface area contributed by atoms with Crippen molar-refractivity contribution in [1.29, 1.82) is 0 Å². The fourth-order valence-corrected chi connectivity index (χ4v) is 4.16. The molecule has 1 aromatic heterocycles. The number of allylic oxidation sites excluding steroid dienone is 1. The Bertz CT molecular complexity index is 1250. The third-order valence-electron chi connectivity index (χ3n) is 4.81. The molecule has 35 heavy (non-hydrogen) atoms. The van der Waals surface area contributed by atoms with E-state index in [1.54, 1.807) is 60.0 Å². The van der Waals surface area contributed by atoms with Crippen LogP contribution in [-0.4, -0.2) is 45.4 Å². The number of aromatic nitrogens is 3. The van der Waals surface area contributed by atoms with Crippen LogP contribution in [0.2, 0.25) is 5.02 Å². The second-order valence-corrected chi connectivity index (χ2v) is 8.67. The number of amides is 2. The molecule has 1 atom stereocenters. The Morgan fingerprint density at radius 1 is 1.20 bits per heavy atom. The van der Waals surface area contributed by atoms with Gasteiger partial charge >= 0.3 is 5.97 Å². The van der Waals surface area contributed by atoms with Gasteiger partial charge in [-0.15, -0.1) is 16.8 Å². The number of halogens is 1. The largest absolute Gasteiger partial charge is 0.465 e. The quantitative estimate of drug-likeness (QED) is 0.238. The fourth-order valence-electron chi connectivity index (χ4n) is 3.18. The number of thioether (sulfide) groups is 1. The molecule has 2 aromatic carbocycles. The van der Waals surface area contributed by atoms with Gasteiger partial charge in [0.25, 0.3) is 5.91 Å². The van der Waals surface area contributed by atoms with Gasteiger partial charge in [0.2, 0.25) is 5.91 Å². The Balaban J connectivity index is 1.66. The molecule has 2 N–H and O–H groups in total. The normalized spacial score (nSPS) is 11.4. The lowest BCUT2D eigenvalue weighted by molar-refractivity contribution is -0.113. The minimum Gasteiger partial charge on any atom is -0.465 e. The van der Waals surface area contributed by atoms with Crippen LogP contribution < -0.4 is 10.6 Å². The van der Waals surface area contributed by atoms with Crippen molar-refractivity contribution in [2.24, 2.45) is 0 Å². The van der Waals surface area contributed by atoms with E-state index in [1.807, 2.05) is 0 Å². The molecule has 3 aromatic rings. The van der Waals surface area contributed by atoms with E-state index in [0.29, 0.717) is 39.4 Å². The maximum atomic E-state index is 12.6. The second kappa shape index (κ2) is 12.2. The van der Waals surface area contributed by atoms with Gasteiger partial charge in [-0.05, 0) is 37.3 Å². The molecular weight excluding hydrogens is 490 g/mol. The molecule has 0 unspecified atom stereocenters. The standard InChI is InChI=1S/C24H24ClN5O4S/c1-4-12-30-21(15(2)26-22(32)18-10-5-6-11-19(18)25)28-29-24(30)35-14-20(31)27-17-9-7-8-16(13-17)23(33)34-3/h4-11,13,15H,1,12,14H2,2-3H3,(H,26,32)(H,27,31)/t15-/m0/s1. The maximum Gasteiger partial charge on any atom is 0.337 e. The van der Waals surface area contributed by atoms with Crippen molar-refractivity contribution >= 4 is 46.8 Å². The van der Waals surface area contributed by atoms with Crippen LogP contribution in [-0.2, 0) is 16.1 Å². The highest BCUT2D eigenvalue weighted by Crippen LogP contribution is 2.22. The van der Waals surface area contributed by atoms with Crippen molar-refractivity contribution in [3.05, 3.63) is 83.2 Å². The summed E-state index contributed by atoms with van der Waals surface area (Å²) in [6.45, 7) is 5.94. The van der Waals surface area contributed by atoms with Crippen LogP contribution in [0.4, 0.5) is 5.69 Å². The highest BCUT2D eigenvalue weighted by Gasteiger charge is 2.21. The lowest BCUT2D eigenvalue weighted by Gasteiger charge is -2.15. The first-order valence-corrected chi connectivity index (χ1v) is 11.9. The highest BCUT2D eigenvalue weighted by molar-refractivity contribution is 7.99. The van der Waals surface area contributed by atoms with Gasteiger partial charge < -0.3 is 19.9 Å². The minimum absolute atomic E-state index is 0.0537. The van der Waals surface area contributed by atoms with Crippen molar-refractivity contribution in [1.82, 2.24) is 20.1 Å². The number of rotatable bonds is 10. The molecule has 9 nitrogen and oxygen atoms in total. The molecule has 182 valence electrons. The molecule has 11 heteroatoms. The highest BCUT2D eigenvalue weighted by atomic mass is 35.5. The lowest BCUT2D eigenvalue weighted by Crippen LogP contribution is -2.29. The van der Waals surface area contributed by atoms with Crippen LogP contribution in [0.5, 0.6) is 0 Å². The van der Waals surface area contributed by atoms with Gasteiger partial charge in [0.05, 0.1) is 35.1 Å². The van der Waals surface area contributed by atoms with Gasteiger partial charge in [-0.25, -0.2) is 4.79 Å². The van der Waals surface area contributed by atoms with E-state index in [2.05, 4.69) is 27.4 Å². The molecule has 0 fully saturated rings. The van der Waals surface area contributed by atoms with Crippen LogP contribution in [0, 0.1) is 0 Å². The van der Waals surface area contributed by atoms with Crippen LogP contribution in [0.3, 0.4) is 0 Å². The molecule has 0 radical (unpaired) electrons. The first-order valence-electron chi connectivity index (χ1n) is 10.5. The zero-order chi connectivity index (χ0) is 25.4.